The van der Waals surface area contributed by atoms with E-state index in [1.807, 2.05) is 0 Å². The zero-order valence-corrected chi connectivity index (χ0v) is 11.2. The van der Waals surface area contributed by atoms with E-state index in [0.29, 0.717) is 6.61 Å². The van der Waals surface area contributed by atoms with Crippen molar-refractivity contribution in [1.29, 1.82) is 0 Å². The summed E-state index contributed by atoms with van der Waals surface area (Å²) in [5.41, 5.74) is 3.28. The van der Waals surface area contributed by atoms with E-state index in [1.165, 1.54) is 5.56 Å². The highest BCUT2D eigenvalue weighted by Gasteiger charge is 2.19. The third kappa shape index (κ3) is 2.10. The molecule has 0 spiro atoms. The standard InChI is InChI=1S/C12H14BrN3O/c1-7-4-8(13)5-9-11(7)16-12(15-9)10-6-17-3-2-14-10/h4-5,10,14H,2-3,6H2,1H3,(H,15,16). The molecule has 3 rings (SSSR count). The second kappa shape index (κ2) is 4.40. The summed E-state index contributed by atoms with van der Waals surface area (Å²) >= 11 is 3.50. The van der Waals surface area contributed by atoms with E-state index in [1.54, 1.807) is 0 Å². The Morgan fingerprint density at radius 3 is 3.12 bits per heavy atom. The molecule has 4 nitrogen and oxygen atoms in total. The Balaban J connectivity index is 2.03. The Bertz CT molecular complexity index is 546. The summed E-state index contributed by atoms with van der Waals surface area (Å²) in [5, 5.41) is 3.40. The molecule has 90 valence electrons. The minimum Gasteiger partial charge on any atom is -0.378 e. The number of nitrogens with zero attached hydrogens (tertiary/aromatic N) is 1. The van der Waals surface area contributed by atoms with Crippen molar-refractivity contribution in [3.8, 4) is 0 Å². The van der Waals surface area contributed by atoms with Gasteiger partial charge in [0.15, 0.2) is 0 Å². The molecule has 1 aliphatic rings. The van der Waals surface area contributed by atoms with Crippen LogP contribution in [0.5, 0.6) is 0 Å². The van der Waals surface area contributed by atoms with Crippen LogP contribution in [0.2, 0.25) is 0 Å². The van der Waals surface area contributed by atoms with Gasteiger partial charge in [0.2, 0.25) is 0 Å². The van der Waals surface area contributed by atoms with Gasteiger partial charge < -0.3 is 15.0 Å². The number of H-pyrrole nitrogens is 1. The minimum atomic E-state index is 0.175. The van der Waals surface area contributed by atoms with Gasteiger partial charge in [0.05, 0.1) is 30.3 Å². The zero-order chi connectivity index (χ0) is 11.8. The first-order valence-electron chi connectivity index (χ1n) is 5.71. The number of aromatic nitrogens is 2. The van der Waals surface area contributed by atoms with Crippen LogP contribution in [-0.4, -0.2) is 29.7 Å². The molecule has 1 aromatic heterocycles. The zero-order valence-electron chi connectivity index (χ0n) is 9.59. The smallest absolute Gasteiger partial charge is 0.126 e. The Labute approximate surface area is 108 Å². The number of hydrogen-bond donors (Lipinski definition) is 2. The fourth-order valence-electron chi connectivity index (χ4n) is 2.17. The largest absolute Gasteiger partial charge is 0.378 e. The number of rotatable bonds is 1. The normalized spacial score (nSPS) is 20.9. The predicted molar refractivity (Wildman–Crippen MR) is 70.1 cm³/mol. The van der Waals surface area contributed by atoms with E-state index in [-0.39, 0.29) is 6.04 Å². The maximum Gasteiger partial charge on any atom is 0.126 e. The molecule has 2 N–H and O–H groups in total. The maximum absolute atomic E-state index is 5.45. The lowest BCUT2D eigenvalue weighted by atomic mass is 10.2. The minimum absolute atomic E-state index is 0.175. The van der Waals surface area contributed by atoms with Crippen molar-refractivity contribution in [2.75, 3.05) is 19.8 Å². The molecule has 0 aliphatic carbocycles. The van der Waals surface area contributed by atoms with E-state index in [9.17, 15) is 0 Å². The first kappa shape index (κ1) is 11.2. The number of aromatic amines is 1. The van der Waals surface area contributed by atoms with E-state index in [4.69, 9.17) is 4.74 Å². The van der Waals surface area contributed by atoms with Gasteiger partial charge in [-0.05, 0) is 24.6 Å². The lowest BCUT2D eigenvalue weighted by Gasteiger charge is -2.21. The highest BCUT2D eigenvalue weighted by molar-refractivity contribution is 9.10. The van der Waals surface area contributed by atoms with Crippen LogP contribution in [0.25, 0.3) is 11.0 Å². The molecule has 0 saturated carbocycles. The van der Waals surface area contributed by atoms with Crippen LogP contribution < -0.4 is 5.32 Å². The highest BCUT2D eigenvalue weighted by Crippen LogP contribution is 2.24. The summed E-state index contributed by atoms with van der Waals surface area (Å²) in [5.74, 6) is 0.959. The molecule has 1 fully saturated rings. The van der Waals surface area contributed by atoms with Crippen LogP contribution >= 0.6 is 15.9 Å². The van der Waals surface area contributed by atoms with E-state index < -0.39 is 0 Å². The van der Waals surface area contributed by atoms with Gasteiger partial charge in [-0.15, -0.1) is 0 Å². The topological polar surface area (TPSA) is 49.9 Å². The molecule has 0 bridgehead atoms. The van der Waals surface area contributed by atoms with Crippen LogP contribution in [0.3, 0.4) is 0 Å². The van der Waals surface area contributed by atoms with Crippen molar-refractivity contribution in [3.05, 3.63) is 28.0 Å². The van der Waals surface area contributed by atoms with Crippen molar-refractivity contribution >= 4 is 27.0 Å². The second-order valence-corrected chi connectivity index (χ2v) is 5.24. The van der Waals surface area contributed by atoms with Crippen LogP contribution in [0.15, 0.2) is 16.6 Å². The quantitative estimate of drug-likeness (QED) is 0.849. The molecular formula is C12H14BrN3O. The number of fused-ring (bicyclic) bond motifs is 1. The highest BCUT2D eigenvalue weighted by atomic mass is 79.9. The molecule has 2 aromatic rings. The summed E-state index contributed by atoms with van der Waals surface area (Å²) in [6, 6.07) is 4.31. The number of halogens is 1. The molecule has 0 radical (unpaired) electrons. The van der Waals surface area contributed by atoms with Crippen LogP contribution in [0.1, 0.15) is 17.4 Å². The molecule has 1 unspecified atom stereocenters. The Morgan fingerprint density at radius 1 is 1.47 bits per heavy atom. The fraction of sp³-hybridized carbons (Fsp3) is 0.417. The summed E-state index contributed by atoms with van der Waals surface area (Å²) in [6.07, 6.45) is 0. The lowest BCUT2D eigenvalue weighted by molar-refractivity contribution is 0.0746. The summed E-state index contributed by atoms with van der Waals surface area (Å²) < 4.78 is 6.53. The predicted octanol–water partition coefficient (Wildman–Crippen LogP) is 2.29. The number of nitrogens with one attached hydrogen (secondary N) is 2. The molecular weight excluding hydrogens is 282 g/mol. The Hall–Kier alpha value is -0.910. The first-order chi connectivity index (χ1) is 8.24. The average Bonchev–Trinajstić information content (AvgIpc) is 2.74. The number of morpholine rings is 1. The van der Waals surface area contributed by atoms with Crippen molar-refractivity contribution in [2.24, 2.45) is 0 Å². The van der Waals surface area contributed by atoms with Gasteiger partial charge in [-0.2, -0.15) is 0 Å². The van der Waals surface area contributed by atoms with Gasteiger partial charge in [0.25, 0.3) is 0 Å². The lowest BCUT2D eigenvalue weighted by Crippen LogP contribution is -2.35. The van der Waals surface area contributed by atoms with E-state index >= 15 is 0 Å². The summed E-state index contributed by atoms with van der Waals surface area (Å²) in [7, 11) is 0. The van der Waals surface area contributed by atoms with Crippen LogP contribution in [0, 0.1) is 6.92 Å². The molecule has 1 saturated heterocycles. The molecule has 5 heteroatoms. The molecule has 17 heavy (non-hydrogen) atoms. The monoisotopic (exact) mass is 295 g/mol. The third-order valence-electron chi connectivity index (χ3n) is 3.01. The second-order valence-electron chi connectivity index (χ2n) is 4.32. The van der Waals surface area contributed by atoms with Crippen molar-refractivity contribution < 1.29 is 4.74 Å². The summed E-state index contributed by atoms with van der Waals surface area (Å²) in [6.45, 7) is 4.41. The molecule has 1 aliphatic heterocycles. The number of aryl methyl sites for hydroxylation is 1. The Kier molecular flexibility index (Phi) is 2.90. The van der Waals surface area contributed by atoms with Crippen molar-refractivity contribution in [1.82, 2.24) is 15.3 Å². The molecule has 1 aromatic carbocycles. The number of hydrogen-bond acceptors (Lipinski definition) is 3. The van der Waals surface area contributed by atoms with E-state index in [2.05, 4.69) is 50.3 Å². The van der Waals surface area contributed by atoms with Gasteiger partial charge >= 0.3 is 0 Å². The average molecular weight is 296 g/mol. The van der Waals surface area contributed by atoms with Crippen molar-refractivity contribution in [3.63, 3.8) is 0 Å². The molecule has 0 amide bonds. The van der Waals surface area contributed by atoms with Gasteiger partial charge in [0, 0.05) is 11.0 Å². The maximum atomic E-state index is 5.45. The van der Waals surface area contributed by atoms with Crippen LogP contribution in [-0.2, 0) is 4.74 Å². The number of ether oxygens (including phenoxy) is 1. The molecule has 2 heterocycles. The fourth-order valence-corrected chi connectivity index (χ4v) is 2.74. The Morgan fingerprint density at radius 2 is 2.35 bits per heavy atom. The SMILES string of the molecule is Cc1cc(Br)cc2[nH]c(C3COCCN3)nc12. The number of imidazole rings is 1. The van der Waals surface area contributed by atoms with Gasteiger partial charge in [-0.3, -0.25) is 0 Å². The van der Waals surface area contributed by atoms with E-state index in [0.717, 1.165) is 34.5 Å². The number of benzene rings is 1. The van der Waals surface area contributed by atoms with Gasteiger partial charge in [0.1, 0.15) is 5.82 Å². The summed E-state index contributed by atoms with van der Waals surface area (Å²) in [4.78, 5) is 8.02. The van der Waals surface area contributed by atoms with Crippen LogP contribution in [0.4, 0.5) is 0 Å². The first-order valence-corrected chi connectivity index (χ1v) is 6.50. The van der Waals surface area contributed by atoms with Gasteiger partial charge in [-0.1, -0.05) is 15.9 Å². The molecule has 1 atom stereocenters. The van der Waals surface area contributed by atoms with Gasteiger partial charge in [-0.25, -0.2) is 4.98 Å². The third-order valence-corrected chi connectivity index (χ3v) is 3.47. The van der Waals surface area contributed by atoms with Crippen molar-refractivity contribution in [2.45, 2.75) is 13.0 Å².